The van der Waals surface area contributed by atoms with Crippen molar-refractivity contribution in [1.29, 1.82) is 5.26 Å². The van der Waals surface area contributed by atoms with Crippen molar-refractivity contribution in [3.8, 4) is 11.8 Å². The predicted molar refractivity (Wildman–Crippen MR) is 256 cm³/mol. The summed E-state index contributed by atoms with van der Waals surface area (Å²) < 4.78 is 27.1. The first-order valence-electron chi connectivity index (χ1n) is 22.5. The Labute approximate surface area is 382 Å². The molecule has 5 unspecified atom stereocenters. The summed E-state index contributed by atoms with van der Waals surface area (Å²) in [4.78, 5) is 27.7. The van der Waals surface area contributed by atoms with Gasteiger partial charge in [-0.1, -0.05) is 98.6 Å². The van der Waals surface area contributed by atoms with Crippen LogP contribution in [0, 0.1) is 11.3 Å². The smallest absolute Gasteiger partial charge is 0.259 e. The second kappa shape index (κ2) is 28.0. The Morgan fingerprint density at radius 3 is 2.13 bits per heavy atom. The quantitative estimate of drug-likeness (QED) is 0.0288. The molecule has 1 heterocycles. The molecule has 1 aliphatic heterocycles. The molecule has 0 saturated carbocycles. The summed E-state index contributed by atoms with van der Waals surface area (Å²) in [6.07, 6.45) is 8.20. The second-order valence-electron chi connectivity index (χ2n) is 16.3. The van der Waals surface area contributed by atoms with Crippen LogP contribution >= 0.6 is 20.3 Å². The zero-order valence-corrected chi connectivity index (χ0v) is 39.7. The van der Waals surface area contributed by atoms with Gasteiger partial charge in [-0.3, -0.25) is 9.59 Å². The normalized spacial score (nSPS) is 17.3. The number of nitriles is 1. The second-order valence-corrected chi connectivity index (χ2v) is 19.1. The molecule has 12 nitrogen and oxygen atoms in total. The number of amides is 2. The van der Waals surface area contributed by atoms with E-state index in [0.29, 0.717) is 43.6 Å². The molecule has 2 amide bonds. The fourth-order valence-corrected chi connectivity index (χ4v) is 11.1. The summed E-state index contributed by atoms with van der Waals surface area (Å²) in [5, 5.41) is 18.8. The highest BCUT2D eigenvalue weighted by Gasteiger charge is 2.39. The maximum absolute atomic E-state index is 14.1. The Morgan fingerprint density at radius 1 is 0.905 bits per heavy atom. The van der Waals surface area contributed by atoms with Crippen molar-refractivity contribution >= 4 is 32.1 Å². The number of carbonyl (C=O) groups is 2. The van der Waals surface area contributed by atoms with Gasteiger partial charge in [-0.05, 0) is 88.4 Å². The molecular formula is C49H71N6O6PS. The Morgan fingerprint density at radius 2 is 1.52 bits per heavy atom. The van der Waals surface area contributed by atoms with Crippen LogP contribution in [0.25, 0.3) is 0 Å². The molecule has 1 fully saturated rings. The molecule has 5 N–H and O–H groups in total. The number of rotatable bonds is 30. The minimum atomic E-state index is -1.28. The lowest BCUT2D eigenvalue weighted by molar-refractivity contribution is -0.132. The number of nitrogens with zero attached hydrogens (tertiary/aromatic N) is 2. The Balaban J connectivity index is 1.43. The molecule has 0 spiro atoms. The van der Waals surface area contributed by atoms with E-state index in [1.54, 1.807) is 13.3 Å². The Hall–Kier alpha value is -3.99. The molecule has 3 aromatic rings. The molecular weight excluding hydrogens is 832 g/mol. The number of nitrogens with one attached hydrogen (secondary N) is 3. The first-order chi connectivity index (χ1) is 30.5. The molecule has 5 atom stereocenters. The van der Waals surface area contributed by atoms with Gasteiger partial charge in [-0.25, -0.2) is 4.67 Å². The molecule has 1 aliphatic rings. The van der Waals surface area contributed by atoms with E-state index in [1.807, 2.05) is 96.7 Å². The average Bonchev–Trinajstić information content (AvgIpc) is 3.64. The first-order valence-corrected chi connectivity index (χ1v) is 24.6. The molecule has 3 aromatic carbocycles. The molecule has 14 heteroatoms. The number of hydrogen-bond acceptors (Lipinski definition) is 11. The highest BCUT2D eigenvalue weighted by Crippen LogP contribution is 2.46. The number of hydrogen-bond donors (Lipinski definition) is 4. The van der Waals surface area contributed by atoms with E-state index in [9.17, 15) is 9.59 Å². The van der Waals surface area contributed by atoms with Crippen LogP contribution in [-0.2, 0) is 29.0 Å². The van der Waals surface area contributed by atoms with Crippen molar-refractivity contribution in [2.45, 2.75) is 127 Å². The summed E-state index contributed by atoms with van der Waals surface area (Å²) >= 11 is 1.87. The number of carbonyl (C=O) groups excluding carboxylic acids is 2. The molecule has 0 aromatic heterocycles. The van der Waals surface area contributed by atoms with Crippen LogP contribution in [0.1, 0.15) is 102 Å². The van der Waals surface area contributed by atoms with Crippen LogP contribution in [0.4, 0.5) is 0 Å². The van der Waals surface area contributed by atoms with Gasteiger partial charge in [-0.15, -0.1) is 0 Å². The number of thioether (sulfide) groups is 1. The van der Waals surface area contributed by atoms with Gasteiger partial charge in [0.1, 0.15) is 17.4 Å². The van der Waals surface area contributed by atoms with Crippen LogP contribution < -0.4 is 26.4 Å². The Bertz CT molecular complexity index is 1770. The molecule has 344 valence electrons. The number of ether oxygens (including phenoxy) is 2. The zero-order chi connectivity index (χ0) is 45.5. The lowest BCUT2D eigenvalue weighted by Crippen LogP contribution is -2.51. The van der Waals surface area contributed by atoms with E-state index in [-0.39, 0.29) is 49.0 Å². The third-order valence-corrected chi connectivity index (χ3v) is 14.7. The summed E-state index contributed by atoms with van der Waals surface area (Å²) in [6, 6.07) is 29.6. The van der Waals surface area contributed by atoms with Gasteiger partial charge in [0.2, 0.25) is 11.8 Å². The minimum Gasteiger partial charge on any atom is -0.497 e. The summed E-state index contributed by atoms with van der Waals surface area (Å²) in [5.74, 6) is 1.11. The molecule has 1 saturated heterocycles. The molecule has 4 rings (SSSR count). The van der Waals surface area contributed by atoms with Gasteiger partial charge in [0.15, 0.2) is 0 Å². The van der Waals surface area contributed by atoms with Crippen molar-refractivity contribution in [3.05, 3.63) is 114 Å². The number of unbranched alkanes of at least 4 members (excludes halogenated alkanes) is 4. The SMILES string of the molecule is C=CNC1C(N)CSC1CCCCC(=O)NC(COC(c1ccccc1)(c1ccccc1)c1ccc(OC)cc1)C(=O)NCCCCCCOP(OCCC#N)N(C(C)C)C(C)C. The number of nitrogens with two attached hydrogens (primary N) is 1. The standard InChI is InChI=1S/C49H71N6O6PS/c1-7-52-47-43(51)36-63-45(47)25-16-17-26-46(56)54-44(48(57)53-32-18-8-9-19-33-60-62(61-34-20-31-50)55(37(2)3)38(4)5)35-59-49(39-21-12-10-13-22-39,40-23-14-11-15-24-40)41-27-29-42(58-6)30-28-41/h7,10-15,21-24,27-30,37-38,43-45,47,52H,1,8-9,16-20,25-26,32-36,51H2,2-6H3,(H,53,57)(H,54,56). The van der Waals surface area contributed by atoms with Gasteiger partial charge < -0.3 is 40.2 Å². The highest BCUT2D eigenvalue weighted by molar-refractivity contribution is 8.00. The van der Waals surface area contributed by atoms with E-state index >= 15 is 0 Å². The van der Waals surface area contributed by atoms with Crippen molar-refractivity contribution < 1.29 is 28.1 Å². The van der Waals surface area contributed by atoms with Gasteiger partial charge >= 0.3 is 0 Å². The topological polar surface area (TPSA) is 160 Å². The molecule has 0 radical (unpaired) electrons. The fraction of sp³-hybridized carbons (Fsp3) is 0.531. The molecule has 63 heavy (non-hydrogen) atoms. The van der Waals surface area contributed by atoms with E-state index in [0.717, 1.165) is 61.0 Å². The lowest BCUT2D eigenvalue weighted by atomic mass is 9.80. The van der Waals surface area contributed by atoms with Crippen LogP contribution in [0.2, 0.25) is 0 Å². The van der Waals surface area contributed by atoms with E-state index in [2.05, 4.69) is 61.0 Å². The maximum Gasteiger partial charge on any atom is 0.259 e. The monoisotopic (exact) mass is 902 g/mol. The van der Waals surface area contributed by atoms with Crippen molar-refractivity contribution in [2.24, 2.45) is 5.73 Å². The maximum atomic E-state index is 14.1. The predicted octanol–water partition coefficient (Wildman–Crippen LogP) is 8.56. The van der Waals surface area contributed by atoms with E-state index < -0.39 is 20.2 Å². The lowest BCUT2D eigenvalue weighted by Gasteiger charge is -2.37. The van der Waals surface area contributed by atoms with Crippen LogP contribution in [0.3, 0.4) is 0 Å². The van der Waals surface area contributed by atoms with Crippen molar-refractivity contribution in [2.75, 3.05) is 39.2 Å². The van der Waals surface area contributed by atoms with Gasteiger partial charge in [0.05, 0.1) is 45.5 Å². The van der Waals surface area contributed by atoms with Crippen molar-refractivity contribution in [1.82, 2.24) is 20.6 Å². The van der Waals surface area contributed by atoms with Gasteiger partial charge in [0, 0.05) is 42.1 Å². The minimum absolute atomic E-state index is 0.0666. The van der Waals surface area contributed by atoms with Gasteiger partial charge in [-0.2, -0.15) is 17.0 Å². The van der Waals surface area contributed by atoms with Crippen LogP contribution in [-0.4, -0.2) is 91.2 Å². The first kappa shape index (κ1) is 51.6. The highest BCUT2D eigenvalue weighted by atomic mass is 32.2. The van der Waals surface area contributed by atoms with Crippen LogP contribution in [0.15, 0.2) is 97.7 Å². The number of methoxy groups -OCH3 is 1. The summed E-state index contributed by atoms with van der Waals surface area (Å²) in [6.45, 7) is 13.6. The third kappa shape index (κ3) is 15.9. The average molecular weight is 903 g/mol. The Kier molecular flexibility index (Phi) is 23.0. The summed E-state index contributed by atoms with van der Waals surface area (Å²) in [7, 11) is 0.358. The van der Waals surface area contributed by atoms with Crippen LogP contribution in [0.5, 0.6) is 5.75 Å². The fourth-order valence-electron chi connectivity index (χ4n) is 7.93. The molecule has 0 aliphatic carbocycles. The largest absolute Gasteiger partial charge is 0.497 e. The molecule has 0 bridgehead atoms. The van der Waals surface area contributed by atoms with E-state index in [1.165, 1.54) is 0 Å². The zero-order valence-electron chi connectivity index (χ0n) is 38.0. The van der Waals surface area contributed by atoms with E-state index in [4.69, 9.17) is 29.5 Å². The number of benzene rings is 3. The van der Waals surface area contributed by atoms with Gasteiger partial charge in [0.25, 0.3) is 8.53 Å². The third-order valence-electron chi connectivity index (χ3n) is 11.0. The summed E-state index contributed by atoms with van der Waals surface area (Å²) in [5.41, 5.74) is 7.83. The van der Waals surface area contributed by atoms with Crippen molar-refractivity contribution in [3.63, 3.8) is 0 Å².